The van der Waals surface area contributed by atoms with E-state index in [9.17, 15) is 0 Å². The number of hydrogen-bond acceptors (Lipinski definition) is 3. The maximum Gasteiger partial charge on any atom is 0.0496 e. The average molecular weight is 195 g/mol. The Morgan fingerprint density at radius 2 is 2.08 bits per heavy atom. The number of hydrogen-bond donors (Lipinski definition) is 3. The highest BCUT2D eigenvalue weighted by molar-refractivity contribution is 8.13. The Balaban J connectivity index is 1.86. The molecule has 3 N–H and O–H groups in total. The first kappa shape index (κ1) is 8.74. The molecule has 13 heavy (non-hydrogen) atoms. The summed E-state index contributed by atoms with van der Waals surface area (Å²) < 4.78 is 0. The van der Waals surface area contributed by atoms with Crippen LogP contribution in [-0.2, 0) is 0 Å². The van der Waals surface area contributed by atoms with Gasteiger partial charge in [0.2, 0.25) is 0 Å². The van der Waals surface area contributed by atoms with Gasteiger partial charge in [-0.15, -0.1) is 0 Å². The first-order chi connectivity index (χ1) is 6.45. The molecule has 0 aliphatic carbocycles. The van der Waals surface area contributed by atoms with Crippen LogP contribution in [0.3, 0.4) is 0 Å². The molecule has 0 fully saturated rings. The van der Waals surface area contributed by atoms with E-state index in [1.54, 1.807) is 0 Å². The molecule has 4 heteroatoms. The molecule has 70 valence electrons. The second-order valence-corrected chi connectivity index (χ2v) is 4.50. The van der Waals surface area contributed by atoms with Crippen molar-refractivity contribution in [2.75, 3.05) is 17.7 Å². The fraction of sp³-hybridized carbons (Fsp3) is 0.222. The summed E-state index contributed by atoms with van der Waals surface area (Å²) in [5.41, 5.74) is 6.39. The van der Waals surface area contributed by atoms with Gasteiger partial charge in [0, 0.05) is 23.5 Å². The van der Waals surface area contributed by atoms with Gasteiger partial charge in [0.1, 0.15) is 0 Å². The second kappa shape index (κ2) is 4.41. The van der Waals surface area contributed by atoms with Crippen LogP contribution in [0.15, 0.2) is 30.3 Å². The van der Waals surface area contributed by atoms with Gasteiger partial charge in [0.15, 0.2) is 0 Å². The van der Waals surface area contributed by atoms with E-state index in [4.69, 9.17) is 0 Å². The van der Waals surface area contributed by atoms with E-state index in [2.05, 4.69) is 21.1 Å². The smallest absolute Gasteiger partial charge is 0.0496 e. The second-order valence-electron chi connectivity index (χ2n) is 2.80. The zero-order chi connectivity index (χ0) is 8.93. The van der Waals surface area contributed by atoms with Crippen LogP contribution >= 0.6 is 10.7 Å². The number of benzene rings is 1. The highest BCUT2D eigenvalue weighted by atomic mass is 32.2. The number of hydrazine groups is 1. The molecule has 0 bridgehead atoms. The molecule has 0 aromatic heterocycles. The van der Waals surface area contributed by atoms with Crippen molar-refractivity contribution < 1.29 is 0 Å². The van der Waals surface area contributed by atoms with Gasteiger partial charge in [-0.1, -0.05) is 28.9 Å². The van der Waals surface area contributed by atoms with Crippen molar-refractivity contribution in [2.24, 2.45) is 0 Å². The van der Waals surface area contributed by atoms with Gasteiger partial charge >= 0.3 is 0 Å². The van der Waals surface area contributed by atoms with Gasteiger partial charge in [-0.2, -0.15) is 4.83 Å². The summed E-state index contributed by atoms with van der Waals surface area (Å²) in [5.74, 6) is 1.17. The van der Waals surface area contributed by atoms with Crippen molar-refractivity contribution in [3.63, 3.8) is 0 Å². The maximum atomic E-state index is 3.26. The highest BCUT2D eigenvalue weighted by Crippen LogP contribution is 2.09. The number of rotatable bonds is 3. The summed E-state index contributed by atoms with van der Waals surface area (Å²) >= 11 is 0. The lowest BCUT2D eigenvalue weighted by molar-refractivity contribution is 1.02. The normalized spacial score (nSPS) is 21.1. The van der Waals surface area contributed by atoms with Gasteiger partial charge < -0.3 is 5.43 Å². The molecule has 3 nitrogen and oxygen atoms in total. The first-order valence-electron chi connectivity index (χ1n) is 4.28. The monoisotopic (exact) mass is 195 g/mol. The molecule has 0 saturated heterocycles. The topological polar surface area (TPSA) is 36.1 Å². The van der Waals surface area contributed by atoms with Crippen LogP contribution in [0.2, 0.25) is 0 Å². The minimum atomic E-state index is 0.175. The highest BCUT2D eigenvalue weighted by Gasteiger charge is 2.00. The fourth-order valence-electron chi connectivity index (χ4n) is 1.11. The van der Waals surface area contributed by atoms with Crippen molar-refractivity contribution in [1.29, 1.82) is 0 Å². The predicted molar refractivity (Wildman–Crippen MR) is 59.7 cm³/mol. The van der Waals surface area contributed by atoms with E-state index >= 15 is 0 Å². The molecule has 2 rings (SSSR count). The van der Waals surface area contributed by atoms with E-state index in [0.29, 0.717) is 0 Å². The van der Waals surface area contributed by atoms with Crippen LogP contribution in [-0.4, -0.2) is 17.8 Å². The van der Waals surface area contributed by atoms with Crippen molar-refractivity contribution in [3.8, 4) is 0 Å². The molecule has 0 spiro atoms. The van der Waals surface area contributed by atoms with Crippen LogP contribution in [0.25, 0.3) is 0 Å². The molecule has 0 radical (unpaired) electrons. The molecule has 0 saturated carbocycles. The van der Waals surface area contributed by atoms with E-state index in [1.807, 2.05) is 30.3 Å². The Hall–Kier alpha value is -0.840. The summed E-state index contributed by atoms with van der Waals surface area (Å²) in [6.45, 7) is 1.08. The lowest BCUT2D eigenvalue weighted by Gasteiger charge is -2.08. The largest absolute Gasteiger partial charge is 0.312 e. The number of anilines is 1. The van der Waals surface area contributed by atoms with Crippen LogP contribution < -0.4 is 15.6 Å². The molecule has 1 atom stereocenters. The molecular weight excluding hydrogens is 182 g/mol. The zero-order valence-corrected chi connectivity index (χ0v) is 8.10. The summed E-state index contributed by atoms with van der Waals surface area (Å²) in [7, 11) is 0.175. The van der Waals surface area contributed by atoms with Gasteiger partial charge in [0.25, 0.3) is 0 Å². The van der Waals surface area contributed by atoms with E-state index < -0.39 is 0 Å². The van der Waals surface area contributed by atoms with Crippen LogP contribution in [0.1, 0.15) is 0 Å². The van der Waals surface area contributed by atoms with Crippen LogP contribution in [0, 0.1) is 0 Å². The molecule has 1 aliphatic heterocycles. The van der Waals surface area contributed by atoms with E-state index in [1.165, 1.54) is 5.75 Å². The zero-order valence-electron chi connectivity index (χ0n) is 7.29. The Labute approximate surface area is 80.6 Å². The van der Waals surface area contributed by atoms with Gasteiger partial charge in [-0.25, -0.2) is 0 Å². The fourth-order valence-corrected chi connectivity index (χ4v) is 2.30. The van der Waals surface area contributed by atoms with Crippen molar-refractivity contribution in [1.82, 2.24) is 10.1 Å². The third kappa shape index (κ3) is 2.55. The quantitative estimate of drug-likeness (QED) is 0.500. The molecular formula is C9H13N3S. The standard InChI is InChI=1S/C9H13N3S/c1-2-4-9(5-3-1)11-12-13-7-6-10-8-13/h1-5,8,10-12H,6-7H2. The summed E-state index contributed by atoms with van der Waals surface area (Å²) in [4.78, 5) is 3.26. The van der Waals surface area contributed by atoms with Gasteiger partial charge in [0.05, 0.1) is 0 Å². The SMILES string of the molecule is C1=S(NNc2ccccc2)CCN1. The molecule has 1 aromatic rings. The molecule has 0 amide bonds. The van der Waals surface area contributed by atoms with Crippen LogP contribution in [0.5, 0.6) is 0 Å². The molecule has 1 unspecified atom stereocenters. The first-order valence-corrected chi connectivity index (χ1v) is 5.74. The minimum Gasteiger partial charge on any atom is -0.312 e. The van der Waals surface area contributed by atoms with Crippen molar-refractivity contribution >= 4 is 21.8 Å². The van der Waals surface area contributed by atoms with Crippen molar-refractivity contribution in [3.05, 3.63) is 30.3 Å². The Morgan fingerprint density at radius 1 is 1.23 bits per heavy atom. The van der Waals surface area contributed by atoms with E-state index in [-0.39, 0.29) is 10.7 Å². The minimum absolute atomic E-state index is 0.175. The summed E-state index contributed by atoms with van der Waals surface area (Å²) in [5, 5.41) is 3.19. The summed E-state index contributed by atoms with van der Waals surface area (Å²) in [6, 6.07) is 10.1. The maximum absolute atomic E-state index is 3.26. The molecule has 1 aromatic carbocycles. The summed E-state index contributed by atoms with van der Waals surface area (Å²) in [6.07, 6.45) is 0. The van der Waals surface area contributed by atoms with Crippen molar-refractivity contribution in [2.45, 2.75) is 0 Å². The Bertz CT molecular complexity index is 297. The molecule has 1 heterocycles. The Morgan fingerprint density at radius 3 is 2.77 bits per heavy atom. The lowest BCUT2D eigenvalue weighted by atomic mass is 10.3. The number of para-hydroxylation sites is 1. The average Bonchev–Trinajstić information content (AvgIpc) is 2.69. The van der Waals surface area contributed by atoms with E-state index in [0.717, 1.165) is 12.2 Å². The molecule has 1 aliphatic rings. The lowest BCUT2D eigenvalue weighted by Crippen LogP contribution is -2.15. The third-order valence-electron chi connectivity index (χ3n) is 1.79. The third-order valence-corrected chi connectivity index (χ3v) is 3.25. The predicted octanol–water partition coefficient (Wildman–Crippen LogP) is 1.15. The van der Waals surface area contributed by atoms with Gasteiger partial charge in [-0.05, 0) is 12.1 Å². The number of nitrogens with one attached hydrogen (secondary N) is 3. The Kier molecular flexibility index (Phi) is 2.97. The van der Waals surface area contributed by atoms with Gasteiger partial charge in [-0.3, -0.25) is 5.32 Å². The van der Waals surface area contributed by atoms with Crippen LogP contribution in [0.4, 0.5) is 5.69 Å².